The molecule has 102 valence electrons. The quantitative estimate of drug-likeness (QED) is 0.878. The minimum atomic E-state index is -1.02. The Hall–Kier alpha value is -1.36. The fraction of sp³-hybridized carbons (Fsp3) is 0.188. The first kappa shape index (κ1) is 13.6. The van der Waals surface area contributed by atoms with E-state index in [4.69, 9.17) is 12.2 Å². The molecule has 2 aromatic carbocycles. The van der Waals surface area contributed by atoms with Crippen molar-refractivity contribution in [3.63, 3.8) is 0 Å². The summed E-state index contributed by atoms with van der Waals surface area (Å²) >= 11 is 6.95. The van der Waals surface area contributed by atoms with Gasteiger partial charge in [0.15, 0.2) is 5.72 Å². The van der Waals surface area contributed by atoms with Crippen LogP contribution in [0, 0.1) is 0 Å². The van der Waals surface area contributed by atoms with Gasteiger partial charge in [-0.05, 0) is 5.56 Å². The van der Waals surface area contributed by atoms with E-state index < -0.39 is 5.72 Å². The number of rotatable bonds is 3. The zero-order valence-corrected chi connectivity index (χ0v) is 12.5. The van der Waals surface area contributed by atoms with E-state index in [9.17, 15) is 5.11 Å². The first-order valence-corrected chi connectivity index (χ1v) is 7.86. The highest BCUT2D eigenvalue weighted by Crippen LogP contribution is 2.39. The van der Waals surface area contributed by atoms with Gasteiger partial charge >= 0.3 is 0 Å². The van der Waals surface area contributed by atoms with Crippen LogP contribution in [0.3, 0.4) is 0 Å². The van der Waals surface area contributed by atoms with Crippen LogP contribution in [0.2, 0.25) is 0 Å². The van der Waals surface area contributed by atoms with E-state index >= 15 is 0 Å². The minimum Gasteiger partial charge on any atom is -0.366 e. The molecule has 0 spiro atoms. The van der Waals surface area contributed by atoms with Gasteiger partial charge in [-0.15, -0.1) is 0 Å². The molecule has 1 atom stereocenters. The lowest BCUT2D eigenvalue weighted by Crippen LogP contribution is -2.43. The summed E-state index contributed by atoms with van der Waals surface area (Å²) in [5.41, 5.74) is 1.02. The average Bonchev–Trinajstić information content (AvgIpc) is 2.79. The van der Waals surface area contributed by atoms with Crippen molar-refractivity contribution in [1.29, 1.82) is 0 Å². The largest absolute Gasteiger partial charge is 0.366 e. The third kappa shape index (κ3) is 2.46. The number of hydrogen-bond donors (Lipinski definition) is 1. The van der Waals surface area contributed by atoms with Crippen molar-refractivity contribution in [3.8, 4) is 0 Å². The van der Waals surface area contributed by atoms with Crippen molar-refractivity contribution >= 4 is 28.3 Å². The van der Waals surface area contributed by atoms with Gasteiger partial charge in [0.1, 0.15) is 4.32 Å². The maximum absolute atomic E-state index is 11.1. The monoisotopic (exact) mass is 301 g/mol. The van der Waals surface area contributed by atoms with Crippen LogP contribution in [-0.2, 0) is 12.3 Å². The number of nitrogens with zero attached hydrogens (tertiary/aromatic N) is 1. The number of aliphatic hydroxyl groups is 1. The summed E-state index contributed by atoms with van der Waals surface area (Å²) in [4.78, 5) is 1.91. The lowest BCUT2D eigenvalue weighted by molar-refractivity contribution is -0.0508. The molecule has 1 saturated heterocycles. The Bertz CT molecular complexity index is 602. The molecule has 2 nitrogen and oxygen atoms in total. The van der Waals surface area contributed by atoms with Gasteiger partial charge in [0, 0.05) is 12.1 Å². The Morgan fingerprint density at radius 2 is 1.65 bits per heavy atom. The number of thiocarbonyl (C=S) groups is 1. The second kappa shape index (κ2) is 5.56. The van der Waals surface area contributed by atoms with Crippen LogP contribution >= 0.6 is 24.0 Å². The molecule has 1 heterocycles. The first-order valence-electron chi connectivity index (χ1n) is 6.46. The van der Waals surface area contributed by atoms with Crippen molar-refractivity contribution in [2.75, 3.05) is 5.75 Å². The van der Waals surface area contributed by atoms with Crippen LogP contribution in [-0.4, -0.2) is 20.1 Å². The maximum Gasteiger partial charge on any atom is 0.175 e. The van der Waals surface area contributed by atoms with Crippen LogP contribution in [0.25, 0.3) is 0 Å². The average molecular weight is 301 g/mol. The Labute approximate surface area is 128 Å². The highest BCUT2D eigenvalue weighted by molar-refractivity contribution is 8.23. The highest BCUT2D eigenvalue weighted by Gasteiger charge is 2.43. The summed E-state index contributed by atoms with van der Waals surface area (Å²) in [5, 5.41) is 11.1. The molecule has 1 aliphatic heterocycles. The Kier molecular flexibility index (Phi) is 3.78. The molecule has 1 fully saturated rings. The highest BCUT2D eigenvalue weighted by atomic mass is 32.2. The van der Waals surface area contributed by atoms with Crippen molar-refractivity contribution < 1.29 is 5.11 Å². The SMILES string of the molecule is OC1(c2ccccc2)CSC(=S)N1Cc1ccccc1. The maximum atomic E-state index is 11.1. The van der Waals surface area contributed by atoms with Gasteiger partial charge in [-0.1, -0.05) is 84.6 Å². The molecule has 0 radical (unpaired) electrons. The number of benzene rings is 2. The van der Waals surface area contributed by atoms with E-state index in [1.165, 1.54) is 11.8 Å². The van der Waals surface area contributed by atoms with Crippen LogP contribution in [0.15, 0.2) is 60.7 Å². The first-order chi connectivity index (χ1) is 9.70. The Morgan fingerprint density at radius 3 is 2.30 bits per heavy atom. The van der Waals surface area contributed by atoms with E-state index in [2.05, 4.69) is 12.1 Å². The molecule has 1 N–H and O–H groups in total. The Morgan fingerprint density at radius 1 is 1.05 bits per heavy atom. The summed E-state index contributed by atoms with van der Waals surface area (Å²) in [6.45, 7) is 0.623. The van der Waals surface area contributed by atoms with Gasteiger partial charge in [0.05, 0.1) is 5.75 Å². The predicted octanol–water partition coefficient (Wildman–Crippen LogP) is 3.37. The fourth-order valence-electron chi connectivity index (χ4n) is 2.37. The van der Waals surface area contributed by atoms with Crippen LogP contribution < -0.4 is 0 Å². The van der Waals surface area contributed by atoms with E-state index in [1.54, 1.807) is 0 Å². The standard InChI is InChI=1S/C16H15NOS2/c18-16(14-9-5-2-6-10-14)12-20-15(19)17(16)11-13-7-3-1-4-8-13/h1-10,18H,11-12H2. The molecular weight excluding hydrogens is 286 g/mol. The van der Waals surface area contributed by atoms with Gasteiger partial charge in [0.25, 0.3) is 0 Å². The lowest BCUT2D eigenvalue weighted by Gasteiger charge is -2.34. The minimum absolute atomic E-state index is 0.572. The number of thioether (sulfide) groups is 1. The zero-order valence-electron chi connectivity index (χ0n) is 10.9. The molecule has 0 aromatic heterocycles. The predicted molar refractivity (Wildman–Crippen MR) is 87.4 cm³/mol. The van der Waals surface area contributed by atoms with Crippen LogP contribution in [0.4, 0.5) is 0 Å². The molecular formula is C16H15NOS2. The third-order valence-electron chi connectivity index (χ3n) is 3.48. The molecule has 0 bridgehead atoms. The topological polar surface area (TPSA) is 23.5 Å². The van der Waals surface area contributed by atoms with Crippen LogP contribution in [0.5, 0.6) is 0 Å². The molecule has 20 heavy (non-hydrogen) atoms. The third-order valence-corrected chi connectivity index (χ3v) is 5.07. The van der Waals surface area contributed by atoms with Crippen molar-refractivity contribution in [3.05, 3.63) is 71.8 Å². The summed E-state index contributed by atoms with van der Waals surface area (Å²) in [5.74, 6) is 0.572. The molecule has 1 unspecified atom stereocenters. The second-order valence-electron chi connectivity index (χ2n) is 4.81. The van der Waals surface area contributed by atoms with E-state index in [0.29, 0.717) is 12.3 Å². The fourth-order valence-corrected chi connectivity index (χ4v) is 3.79. The van der Waals surface area contributed by atoms with Crippen molar-refractivity contribution in [2.24, 2.45) is 0 Å². The van der Waals surface area contributed by atoms with Gasteiger partial charge in [-0.25, -0.2) is 0 Å². The smallest absolute Gasteiger partial charge is 0.175 e. The lowest BCUT2D eigenvalue weighted by atomic mass is 10.0. The van der Waals surface area contributed by atoms with Gasteiger partial charge in [-0.2, -0.15) is 0 Å². The summed E-state index contributed by atoms with van der Waals surface area (Å²) in [6, 6.07) is 19.8. The molecule has 2 aromatic rings. The van der Waals surface area contributed by atoms with E-state index in [1.807, 2.05) is 53.4 Å². The molecule has 0 amide bonds. The summed E-state index contributed by atoms with van der Waals surface area (Å²) < 4.78 is 0.750. The van der Waals surface area contributed by atoms with E-state index in [0.717, 1.165) is 15.4 Å². The Balaban J connectivity index is 1.93. The number of hydrogen-bond acceptors (Lipinski definition) is 3. The van der Waals surface area contributed by atoms with Gasteiger partial charge < -0.3 is 10.0 Å². The second-order valence-corrected chi connectivity index (χ2v) is 6.42. The van der Waals surface area contributed by atoms with Gasteiger partial charge in [-0.3, -0.25) is 0 Å². The molecule has 0 aliphatic carbocycles. The van der Waals surface area contributed by atoms with Crippen molar-refractivity contribution in [1.82, 2.24) is 4.90 Å². The van der Waals surface area contributed by atoms with Crippen molar-refractivity contribution in [2.45, 2.75) is 12.3 Å². The normalized spacial score (nSPS) is 22.2. The van der Waals surface area contributed by atoms with E-state index in [-0.39, 0.29) is 0 Å². The molecule has 1 aliphatic rings. The van der Waals surface area contributed by atoms with Crippen LogP contribution in [0.1, 0.15) is 11.1 Å². The molecule has 0 saturated carbocycles. The van der Waals surface area contributed by atoms with Gasteiger partial charge in [0.2, 0.25) is 0 Å². The summed E-state index contributed by atoms with van der Waals surface area (Å²) in [7, 11) is 0. The molecule has 3 rings (SSSR count). The summed E-state index contributed by atoms with van der Waals surface area (Å²) in [6.07, 6.45) is 0. The zero-order chi connectivity index (χ0) is 14.0. The molecule has 4 heteroatoms.